The summed E-state index contributed by atoms with van der Waals surface area (Å²) in [5, 5.41) is 0. The normalized spacial score (nSPS) is 13.9. The molecule has 0 radical (unpaired) electrons. The van der Waals surface area contributed by atoms with Gasteiger partial charge in [-0.1, -0.05) is 6.07 Å². The van der Waals surface area contributed by atoms with E-state index in [-0.39, 0.29) is 9.79 Å². The molecule has 0 fully saturated rings. The maximum Gasteiger partial charge on any atom is 0.241 e. The summed E-state index contributed by atoms with van der Waals surface area (Å²) in [4.78, 5) is 10.6. The van der Waals surface area contributed by atoms with Gasteiger partial charge in [0.2, 0.25) is 15.9 Å². The number of hydrogen-bond donors (Lipinski definition) is 2. The van der Waals surface area contributed by atoms with Gasteiger partial charge in [0, 0.05) is 6.26 Å². The summed E-state index contributed by atoms with van der Waals surface area (Å²) in [6, 6.07) is 2.67. The van der Waals surface area contributed by atoms with E-state index >= 15 is 0 Å². The number of primary amides is 1. The number of amides is 1. The van der Waals surface area contributed by atoms with Gasteiger partial charge in [0.25, 0.3) is 0 Å². The first kappa shape index (κ1) is 16.6. The van der Waals surface area contributed by atoms with Gasteiger partial charge in [0.05, 0.1) is 15.8 Å². The molecule has 1 aromatic carbocycles. The molecule has 112 valence electrons. The minimum Gasteiger partial charge on any atom is -0.368 e. The Labute approximate surface area is 118 Å². The van der Waals surface area contributed by atoms with Gasteiger partial charge in [0.1, 0.15) is 0 Å². The Bertz CT molecular complexity index is 738. The third-order valence-corrected chi connectivity index (χ3v) is 5.43. The Kier molecular flexibility index (Phi) is 4.57. The molecule has 1 rings (SSSR count). The molecule has 20 heavy (non-hydrogen) atoms. The highest BCUT2D eigenvalue weighted by molar-refractivity contribution is 7.91. The maximum atomic E-state index is 12.1. The van der Waals surface area contributed by atoms with Crippen LogP contribution in [0.15, 0.2) is 28.0 Å². The second kappa shape index (κ2) is 5.51. The first-order valence-electron chi connectivity index (χ1n) is 5.57. The zero-order chi connectivity index (χ0) is 15.7. The van der Waals surface area contributed by atoms with Gasteiger partial charge >= 0.3 is 0 Å². The van der Waals surface area contributed by atoms with Crippen LogP contribution in [0.3, 0.4) is 0 Å². The highest BCUT2D eigenvalue weighted by Crippen LogP contribution is 2.20. The zero-order valence-corrected chi connectivity index (χ0v) is 12.9. The van der Waals surface area contributed by atoms with Gasteiger partial charge in [0.15, 0.2) is 9.84 Å². The Hall–Kier alpha value is -1.45. The maximum absolute atomic E-state index is 12.1. The average molecular weight is 320 g/mol. The molecular formula is C11H16N2O5S2. The molecule has 0 bridgehead atoms. The van der Waals surface area contributed by atoms with Crippen molar-refractivity contribution in [2.24, 2.45) is 5.73 Å². The Morgan fingerprint density at radius 2 is 1.80 bits per heavy atom. The molecular weight excluding hydrogens is 304 g/mol. The van der Waals surface area contributed by atoms with Crippen LogP contribution in [0.25, 0.3) is 0 Å². The fourth-order valence-electron chi connectivity index (χ4n) is 1.45. The summed E-state index contributed by atoms with van der Waals surface area (Å²) in [5.74, 6) is -0.828. The van der Waals surface area contributed by atoms with E-state index in [0.717, 1.165) is 12.3 Å². The fourth-order valence-corrected chi connectivity index (χ4v) is 3.66. The lowest BCUT2D eigenvalue weighted by Gasteiger charge is -2.13. The van der Waals surface area contributed by atoms with Crippen LogP contribution in [0.1, 0.15) is 12.5 Å². The minimum atomic E-state index is -4.03. The molecule has 0 saturated heterocycles. The van der Waals surface area contributed by atoms with Crippen molar-refractivity contribution in [1.82, 2.24) is 4.72 Å². The predicted octanol–water partition coefficient (Wildman–Crippen LogP) is -0.449. The van der Waals surface area contributed by atoms with Crippen LogP contribution >= 0.6 is 0 Å². The molecule has 0 aliphatic carbocycles. The van der Waals surface area contributed by atoms with Gasteiger partial charge in [-0.05, 0) is 31.5 Å². The van der Waals surface area contributed by atoms with E-state index in [4.69, 9.17) is 5.73 Å². The predicted molar refractivity (Wildman–Crippen MR) is 73.3 cm³/mol. The average Bonchev–Trinajstić information content (AvgIpc) is 2.26. The third-order valence-electron chi connectivity index (χ3n) is 2.64. The third kappa shape index (κ3) is 3.78. The van der Waals surface area contributed by atoms with Gasteiger partial charge in [-0.15, -0.1) is 0 Å². The van der Waals surface area contributed by atoms with E-state index in [0.29, 0.717) is 5.56 Å². The molecule has 0 aliphatic heterocycles. The van der Waals surface area contributed by atoms with E-state index in [2.05, 4.69) is 4.72 Å². The number of nitrogens with one attached hydrogen (secondary N) is 1. The van der Waals surface area contributed by atoms with Gasteiger partial charge in [-0.2, -0.15) is 4.72 Å². The summed E-state index contributed by atoms with van der Waals surface area (Å²) in [5.41, 5.74) is 5.36. The van der Waals surface area contributed by atoms with Crippen molar-refractivity contribution >= 4 is 25.8 Å². The number of carbonyl (C=O) groups excluding carboxylic acids is 1. The molecule has 7 nitrogen and oxygen atoms in total. The van der Waals surface area contributed by atoms with E-state index in [1.165, 1.54) is 26.0 Å². The van der Waals surface area contributed by atoms with E-state index < -0.39 is 31.8 Å². The number of nitrogens with two attached hydrogens (primary N) is 1. The van der Waals surface area contributed by atoms with Crippen molar-refractivity contribution in [2.75, 3.05) is 6.26 Å². The smallest absolute Gasteiger partial charge is 0.241 e. The Morgan fingerprint density at radius 1 is 1.25 bits per heavy atom. The molecule has 3 N–H and O–H groups in total. The van der Waals surface area contributed by atoms with Crippen LogP contribution in [0, 0.1) is 6.92 Å². The monoisotopic (exact) mass is 320 g/mol. The van der Waals surface area contributed by atoms with Gasteiger partial charge in [-0.25, -0.2) is 16.8 Å². The quantitative estimate of drug-likeness (QED) is 0.760. The molecule has 0 aliphatic rings. The van der Waals surface area contributed by atoms with Crippen LogP contribution in [0.4, 0.5) is 0 Å². The van der Waals surface area contributed by atoms with Crippen molar-refractivity contribution in [3.05, 3.63) is 23.8 Å². The lowest BCUT2D eigenvalue weighted by Crippen LogP contribution is -2.42. The first-order chi connectivity index (χ1) is 8.95. The largest absolute Gasteiger partial charge is 0.368 e. The second-order valence-corrected chi connectivity index (χ2v) is 8.14. The van der Waals surface area contributed by atoms with Crippen LogP contribution < -0.4 is 10.5 Å². The lowest BCUT2D eigenvalue weighted by molar-refractivity contribution is -0.119. The molecule has 0 saturated carbocycles. The summed E-state index contributed by atoms with van der Waals surface area (Å²) in [6.07, 6.45) is 0.980. The highest BCUT2D eigenvalue weighted by Gasteiger charge is 2.23. The number of sulfonamides is 1. The van der Waals surface area contributed by atoms with E-state index in [1.54, 1.807) is 0 Å². The lowest BCUT2D eigenvalue weighted by atomic mass is 10.2. The van der Waals surface area contributed by atoms with Crippen molar-refractivity contribution in [3.8, 4) is 0 Å². The molecule has 0 aromatic heterocycles. The minimum absolute atomic E-state index is 0.116. The molecule has 9 heteroatoms. The standard InChI is InChI=1S/C11H16N2O5S2/c1-7-4-5-9(19(3,15)16)6-10(7)20(17,18)13-8(2)11(12)14/h4-6,8,13H,1-3H3,(H2,12,14)/t8-/m1/s1. The SMILES string of the molecule is Cc1ccc(S(C)(=O)=O)cc1S(=O)(=O)N[C@H](C)C(N)=O. The van der Waals surface area contributed by atoms with Gasteiger partial charge in [-0.3, -0.25) is 4.79 Å². The fraction of sp³-hybridized carbons (Fsp3) is 0.364. The Balaban J connectivity index is 3.35. The molecule has 0 unspecified atom stereocenters. The number of rotatable bonds is 5. The van der Waals surface area contributed by atoms with Crippen LogP contribution in [-0.2, 0) is 24.7 Å². The number of aryl methyl sites for hydroxylation is 1. The molecule has 1 atom stereocenters. The molecule has 0 spiro atoms. The second-order valence-electron chi connectivity index (χ2n) is 4.44. The number of benzene rings is 1. The van der Waals surface area contributed by atoms with E-state index in [9.17, 15) is 21.6 Å². The summed E-state index contributed by atoms with van der Waals surface area (Å²) >= 11 is 0. The summed E-state index contributed by atoms with van der Waals surface area (Å²) in [6.45, 7) is 2.82. The number of hydrogen-bond acceptors (Lipinski definition) is 5. The van der Waals surface area contributed by atoms with Gasteiger partial charge < -0.3 is 5.73 Å². The van der Waals surface area contributed by atoms with Crippen LogP contribution in [-0.4, -0.2) is 35.0 Å². The Morgan fingerprint density at radius 3 is 2.25 bits per heavy atom. The summed E-state index contributed by atoms with van der Waals surface area (Å²) < 4.78 is 49.3. The number of sulfone groups is 1. The van der Waals surface area contributed by atoms with Crippen molar-refractivity contribution in [2.45, 2.75) is 29.7 Å². The van der Waals surface area contributed by atoms with Crippen molar-refractivity contribution < 1.29 is 21.6 Å². The topological polar surface area (TPSA) is 123 Å². The van der Waals surface area contributed by atoms with Crippen LogP contribution in [0.2, 0.25) is 0 Å². The summed E-state index contributed by atoms with van der Waals surface area (Å²) in [7, 11) is -7.56. The molecule has 1 aromatic rings. The molecule has 1 amide bonds. The number of carbonyl (C=O) groups is 1. The van der Waals surface area contributed by atoms with Crippen LogP contribution in [0.5, 0.6) is 0 Å². The first-order valence-corrected chi connectivity index (χ1v) is 8.95. The highest BCUT2D eigenvalue weighted by atomic mass is 32.2. The zero-order valence-electron chi connectivity index (χ0n) is 11.2. The van der Waals surface area contributed by atoms with Crippen molar-refractivity contribution in [1.29, 1.82) is 0 Å². The van der Waals surface area contributed by atoms with E-state index in [1.807, 2.05) is 0 Å². The molecule has 0 heterocycles. The van der Waals surface area contributed by atoms with Crippen molar-refractivity contribution in [3.63, 3.8) is 0 Å².